The molecule has 8 nitrogen and oxygen atoms in total. The summed E-state index contributed by atoms with van der Waals surface area (Å²) in [4.78, 5) is 25.8. The second-order valence-electron chi connectivity index (χ2n) is 18.5. The van der Waals surface area contributed by atoms with Gasteiger partial charge in [-0.3, -0.25) is 8.97 Å². The molecule has 7 aromatic carbocycles. The molecular weight excluding hydrogens is 871 g/mol. The van der Waals surface area contributed by atoms with Gasteiger partial charge in [0.05, 0.1) is 22.1 Å². The van der Waals surface area contributed by atoms with Gasteiger partial charge in [0.1, 0.15) is 38.5 Å². The molecule has 0 fully saturated rings. The molecule has 324 valence electrons. The number of fused-ring (bicyclic) bond motifs is 7. The van der Waals surface area contributed by atoms with Gasteiger partial charge in [0.15, 0.2) is 8.07 Å². The smallest absolute Gasteiger partial charge is 0.220 e. The minimum absolute atomic E-state index is 0.614. The van der Waals surface area contributed by atoms with E-state index in [9.17, 15) is 0 Å². The van der Waals surface area contributed by atoms with Crippen molar-refractivity contribution in [1.29, 1.82) is 0 Å². The van der Waals surface area contributed by atoms with Crippen molar-refractivity contribution in [2.75, 3.05) is 0 Å². The normalized spacial score (nSPS) is 13.6. The van der Waals surface area contributed by atoms with Crippen molar-refractivity contribution in [3.05, 3.63) is 224 Å². The van der Waals surface area contributed by atoms with Crippen molar-refractivity contribution < 1.29 is 4.74 Å². The zero-order valence-electron chi connectivity index (χ0n) is 37.7. The Kier molecular flexibility index (Phi) is 9.47. The molecule has 0 aliphatic carbocycles. The number of rotatable bonds is 9. The van der Waals surface area contributed by atoms with Crippen LogP contribution in [0.2, 0.25) is 26.2 Å². The number of benzene rings is 7. The van der Waals surface area contributed by atoms with Crippen molar-refractivity contribution in [3.63, 3.8) is 0 Å². The van der Waals surface area contributed by atoms with E-state index in [1.807, 2.05) is 36.9 Å². The van der Waals surface area contributed by atoms with Crippen LogP contribution in [-0.2, 0) is 4.66 Å². The molecule has 5 heterocycles. The lowest BCUT2D eigenvalue weighted by molar-refractivity contribution is 0.452. The molecule has 0 saturated carbocycles. The Balaban J connectivity index is 1.22. The molecule has 0 saturated heterocycles. The summed E-state index contributed by atoms with van der Waals surface area (Å²) >= 11 is 0. The van der Waals surface area contributed by atoms with Crippen LogP contribution in [0.1, 0.15) is 11.1 Å². The summed E-state index contributed by atoms with van der Waals surface area (Å²) < 4.78 is 11.6. The molecule has 1 aliphatic heterocycles. The van der Waals surface area contributed by atoms with Gasteiger partial charge in [-0.1, -0.05) is 160 Å². The fourth-order valence-corrected chi connectivity index (χ4v) is 29.5. The van der Waals surface area contributed by atoms with E-state index in [1.54, 1.807) is 0 Å². The second-order valence-corrected chi connectivity index (χ2v) is 31.7. The minimum atomic E-state index is -3.35. The summed E-state index contributed by atoms with van der Waals surface area (Å²) in [5.74, 6) is 2.62. The number of hydrogen-bond acceptors (Lipinski definition) is 6. The van der Waals surface area contributed by atoms with E-state index in [4.69, 9.17) is 29.7 Å². The van der Waals surface area contributed by atoms with Gasteiger partial charge in [0.25, 0.3) is 0 Å². The van der Waals surface area contributed by atoms with Crippen LogP contribution < -0.4 is 36.4 Å². The summed E-state index contributed by atoms with van der Waals surface area (Å²) in [6.45, 7) is 9.79. The van der Waals surface area contributed by atoms with E-state index in [-0.39, 0.29) is 0 Å². The third-order valence-corrected chi connectivity index (χ3v) is 30.6. The minimum Gasteiger partial charge on any atom is -0.457 e. The largest absolute Gasteiger partial charge is 0.457 e. The fourth-order valence-electron chi connectivity index (χ4n) is 11.9. The Morgan fingerprint density at radius 3 is 1.64 bits per heavy atom. The van der Waals surface area contributed by atoms with Gasteiger partial charge in [-0.15, -0.1) is 0 Å². The van der Waals surface area contributed by atoms with Crippen molar-refractivity contribution in [1.82, 2.24) is 33.9 Å². The van der Waals surface area contributed by atoms with Crippen LogP contribution in [0.25, 0.3) is 33.5 Å². The van der Waals surface area contributed by atoms with Crippen molar-refractivity contribution >= 4 is 83.7 Å². The molecule has 11 heteroatoms. The summed E-state index contributed by atoms with van der Waals surface area (Å²) in [6.07, 6.45) is 7.57. The summed E-state index contributed by atoms with van der Waals surface area (Å²) in [5, 5.41) is 4.89. The third kappa shape index (κ3) is 5.78. The molecule has 0 amide bonds. The average Bonchev–Trinajstić information content (AvgIpc) is 3.92. The highest BCUT2D eigenvalue weighted by molar-refractivity contribution is 7.20. The number of para-hydroxylation sites is 6. The monoisotopic (exact) mass is 917 g/mol. The van der Waals surface area contributed by atoms with Crippen LogP contribution in [0.15, 0.2) is 213 Å². The topological polar surface area (TPSA) is 83.0 Å². The Morgan fingerprint density at radius 2 is 0.985 bits per heavy atom. The lowest BCUT2D eigenvalue weighted by Gasteiger charge is -2.55. The maximum atomic E-state index is 7.63. The molecule has 0 unspecified atom stereocenters. The van der Waals surface area contributed by atoms with E-state index in [2.05, 4.69) is 211 Å². The van der Waals surface area contributed by atoms with Crippen molar-refractivity contribution in [2.24, 2.45) is 0 Å². The van der Waals surface area contributed by atoms with E-state index in [1.165, 1.54) is 20.7 Å². The second kappa shape index (κ2) is 15.5. The standard InChI is InChI=1S/C56H47N7OSi3/c1-65(2,53-57-35-19-36-58-53)56(66(3,4)54-59-37-20-38-60-54)44-27-11-16-33-50(44)64-52-45(56)28-18-34-51(52)67(41-22-7-5-8-23-41,42-24-9-6-10-25-42)43-26-17-21-40(39-43)62-48-31-14-15-32-49(48)63-47-30-13-12-29-46(47)61-55(62)63/h5-39H,1-4H3. The molecule has 0 N–H and O–H groups in total. The number of hydrogen-bond donors (Lipinski definition) is 0. The van der Waals surface area contributed by atoms with Crippen LogP contribution in [0.5, 0.6) is 11.5 Å². The van der Waals surface area contributed by atoms with Crippen LogP contribution in [-0.4, -0.2) is 58.1 Å². The molecule has 0 bridgehead atoms. The number of aromatic nitrogens is 7. The third-order valence-electron chi connectivity index (χ3n) is 14.5. The highest BCUT2D eigenvalue weighted by Gasteiger charge is 2.67. The maximum absolute atomic E-state index is 7.63. The lowest BCUT2D eigenvalue weighted by atomic mass is 9.98. The van der Waals surface area contributed by atoms with Gasteiger partial charge in [0, 0.05) is 46.3 Å². The number of ether oxygens (including phenoxy) is 1. The molecule has 0 spiro atoms. The first-order valence-electron chi connectivity index (χ1n) is 22.8. The van der Waals surface area contributed by atoms with Crippen LogP contribution in [0.4, 0.5) is 0 Å². The first-order chi connectivity index (χ1) is 32.8. The predicted octanol–water partition coefficient (Wildman–Crippen LogP) is 8.09. The SMILES string of the molecule is C[Si](C)(c1ncccn1)C1([Si](C)(C)c2ncccn2)c2ccccc2Oc2c1cccc2[Si](c1ccccc1)(c1ccccc1)c1cccc(-n2c3ccccc3n3c4ccccc4nc23)c1. The number of imidazole rings is 2. The zero-order valence-corrected chi connectivity index (χ0v) is 40.7. The van der Waals surface area contributed by atoms with Crippen LogP contribution in [0.3, 0.4) is 0 Å². The van der Waals surface area contributed by atoms with E-state index < -0.39 is 28.9 Å². The Labute approximate surface area is 392 Å². The first kappa shape index (κ1) is 40.9. The maximum Gasteiger partial charge on any atom is 0.220 e. The molecule has 0 atom stereocenters. The Morgan fingerprint density at radius 1 is 0.463 bits per heavy atom. The van der Waals surface area contributed by atoms with E-state index in [0.717, 1.165) is 67.1 Å². The van der Waals surface area contributed by atoms with Gasteiger partial charge in [0.2, 0.25) is 5.78 Å². The van der Waals surface area contributed by atoms with E-state index in [0.29, 0.717) is 0 Å². The van der Waals surface area contributed by atoms with Crippen LogP contribution >= 0.6 is 0 Å². The average molecular weight is 918 g/mol. The van der Waals surface area contributed by atoms with Gasteiger partial charge < -0.3 is 4.74 Å². The highest BCUT2D eigenvalue weighted by Crippen LogP contribution is 2.56. The quantitative estimate of drug-likeness (QED) is 0.108. The predicted molar refractivity (Wildman–Crippen MR) is 279 cm³/mol. The van der Waals surface area contributed by atoms with E-state index >= 15 is 0 Å². The zero-order chi connectivity index (χ0) is 45.4. The lowest BCUT2D eigenvalue weighted by Crippen LogP contribution is -2.78. The van der Waals surface area contributed by atoms with Crippen molar-refractivity contribution in [2.45, 2.75) is 30.8 Å². The summed E-state index contributed by atoms with van der Waals surface area (Å²) in [5.41, 5.74) is 9.35. The van der Waals surface area contributed by atoms with Crippen LogP contribution in [0, 0.1) is 0 Å². The highest BCUT2D eigenvalue weighted by atomic mass is 28.4. The first-order valence-corrected chi connectivity index (χ1v) is 30.8. The molecule has 4 aromatic heterocycles. The molecule has 1 aliphatic rings. The number of nitrogens with zero attached hydrogens (tertiary/aromatic N) is 7. The molecule has 12 rings (SSSR count). The van der Waals surface area contributed by atoms with Gasteiger partial charge in [-0.2, -0.15) is 0 Å². The summed E-state index contributed by atoms with van der Waals surface area (Å²) in [6, 6.07) is 68.0. The Hall–Kier alpha value is -7.58. The molecular formula is C56H47N7OSi3. The van der Waals surface area contributed by atoms with Crippen molar-refractivity contribution in [3.8, 4) is 17.2 Å². The van der Waals surface area contributed by atoms with Gasteiger partial charge in [-0.25, -0.2) is 24.9 Å². The molecule has 67 heavy (non-hydrogen) atoms. The fraction of sp³-hybridized carbons (Fsp3) is 0.0893. The van der Waals surface area contributed by atoms with Gasteiger partial charge >= 0.3 is 0 Å². The van der Waals surface area contributed by atoms with Gasteiger partial charge in [-0.05, 0) is 75.3 Å². The summed E-state index contributed by atoms with van der Waals surface area (Å²) in [7, 11) is -9.15. The molecule has 0 radical (unpaired) electrons. The Bertz CT molecular complexity index is 3540. The molecule has 11 aromatic rings.